The fourth-order valence-electron chi connectivity index (χ4n) is 9.07. The van der Waals surface area contributed by atoms with E-state index in [-0.39, 0.29) is 85.9 Å². The van der Waals surface area contributed by atoms with Gasteiger partial charge in [0.05, 0.1) is 47.8 Å². The lowest BCUT2D eigenvalue weighted by Gasteiger charge is -2.34. The first kappa shape index (κ1) is 53.7. The van der Waals surface area contributed by atoms with E-state index < -0.39 is 34.1 Å². The van der Waals surface area contributed by atoms with Crippen molar-refractivity contribution >= 4 is 81.4 Å². The van der Waals surface area contributed by atoms with Gasteiger partial charge in [-0.25, -0.2) is 17.6 Å². The van der Waals surface area contributed by atoms with Gasteiger partial charge in [0.2, 0.25) is 11.8 Å². The Balaban J connectivity index is 0.000000207. The molecule has 4 aromatic rings. The molecule has 10 nitrogen and oxygen atoms in total. The highest BCUT2D eigenvalue weighted by atomic mass is 35.5. The number of nitrogens with two attached hydrogens (primary N) is 1. The van der Waals surface area contributed by atoms with Gasteiger partial charge in [0, 0.05) is 79.8 Å². The van der Waals surface area contributed by atoms with Crippen LogP contribution in [0.1, 0.15) is 103 Å². The molecule has 2 unspecified atom stereocenters. The van der Waals surface area contributed by atoms with Crippen LogP contribution in [0.5, 0.6) is 0 Å². The first-order valence-electron chi connectivity index (χ1n) is 21.7. The highest BCUT2D eigenvalue weighted by Crippen LogP contribution is 2.46. The molecule has 3 N–H and O–H groups in total. The molecular formula is C50H54Cl4F4N6O4. The molecule has 4 aromatic carbocycles. The summed E-state index contributed by atoms with van der Waals surface area (Å²) in [6.07, 6.45) is 3.40. The van der Waals surface area contributed by atoms with Crippen LogP contribution in [-0.2, 0) is 26.2 Å². The number of anilines is 2. The molecule has 4 amide bonds. The summed E-state index contributed by atoms with van der Waals surface area (Å²) < 4.78 is 57.9. The maximum atomic E-state index is 15.3. The molecule has 0 aliphatic carbocycles. The average molecular weight is 1020 g/mol. The van der Waals surface area contributed by atoms with Gasteiger partial charge in [-0.3, -0.25) is 19.2 Å². The average Bonchev–Trinajstić information content (AvgIpc) is 4.03. The summed E-state index contributed by atoms with van der Waals surface area (Å²) in [5.74, 6) is -3.01. The summed E-state index contributed by atoms with van der Waals surface area (Å²) in [6, 6.07) is 10.9. The summed E-state index contributed by atoms with van der Waals surface area (Å²) in [5.41, 5.74) is 5.29. The van der Waals surface area contributed by atoms with Crippen molar-refractivity contribution in [1.82, 2.24) is 19.6 Å². The number of carbonyl (C=O) groups is 4. The number of amides is 4. The monoisotopic (exact) mass is 1020 g/mol. The molecule has 68 heavy (non-hydrogen) atoms. The van der Waals surface area contributed by atoms with Crippen LogP contribution in [0.15, 0.2) is 73.8 Å². The van der Waals surface area contributed by atoms with Crippen LogP contribution in [0.3, 0.4) is 0 Å². The van der Waals surface area contributed by atoms with Crippen molar-refractivity contribution in [3.8, 4) is 0 Å². The lowest BCUT2D eigenvalue weighted by Crippen LogP contribution is -2.41. The molecular weight excluding hydrogens is 966 g/mol. The van der Waals surface area contributed by atoms with Crippen molar-refractivity contribution in [3.05, 3.63) is 151 Å². The van der Waals surface area contributed by atoms with E-state index in [4.69, 9.17) is 52.1 Å². The van der Waals surface area contributed by atoms with Crippen molar-refractivity contribution in [2.45, 2.75) is 76.9 Å². The molecule has 0 radical (unpaired) electrons. The van der Waals surface area contributed by atoms with Crippen molar-refractivity contribution < 1.29 is 36.7 Å². The fraction of sp³-hybridized carbons (Fsp3) is 0.360. The van der Waals surface area contributed by atoms with E-state index in [2.05, 4.69) is 18.5 Å². The first-order chi connectivity index (χ1) is 31.8. The maximum absolute atomic E-state index is 15.3. The van der Waals surface area contributed by atoms with Crippen LogP contribution in [0.2, 0.25) is 20.1 Å². The number of hydrogen-bond acceptors (Lipinski definition) is 6. The zero-order valence-electron chi connectivity index (χ0n) is 39.0. The Morgan fingerprint density at radius 3 is 1.76 bits per heavy atom. The molecule has 0 aromatic heterocycles. The van der Waals surface area contributed by atoms with Crippen LogP contribution in [0.25, 0.3) is 0 Å². The lowest BCUT2D eigenvalue weighted by atomic mass is 9.87. The number of nitrogens with zero attached hydrogens (tertiary/aromatic N) is 4. The molecule has 0 saturated carbocycles. The van der Waals surface area contributed by atoms with E-state index in [0.717, 1.165) is 0 Å². The molecule has 8 rings (SSSR count). The molecule has 2 fully saturated rings. The first-order valence-corrected chi connectivity index (χ1v) is 23.2. The molecule has 18 heteroatoms. The third kappa shape index (κ3) is 9.92. The fourth-order valence-corrected chi connectivity index (χ4v) is 10.0. The predicted molar refractivity (Wildman–Crippen MR) is 262 cm³/mol. The summed E-state index contributed by atoms with van der Waals surface area (Å²) >= 11 is 24.6. The van der Waals surface area contributed by atoms with E-state index >= 15 is 8.78 Å². The maximum Gasteiger partial charge on any atom is 0.254 e. The smallest absolute Gasteiger partial charge is 0.254 e. The Labute approximate surface area is 414 Å². The molecule has 0 spiro atoms. The Morgan fingerprint density at radius 2 is 1.21 bits per heavy atom. The Kier molecular flexibility index (Phi) is 16.4. The third-order valence-electron chi connectivity index (χ3n) is 13.0. The van der Waals surface area contributed by atoms with E-state index in [0.29, 0.717) is 53.3 Å². The van der Waals surface area contributed by atoms with Crippen LogP contribution in [0, 0.1) is 23.3 Å². The van der Waals surface area contributed by atoms with Gasteiger partial charge in [0.1, 0.15) is 23.3 Å². The van der Waals surface area contributed by atoms with Crippen LogP contribution in [-0.4, -0.2) is 83.5 Å². The van der Waals surface area contributed by atoms with Crippen molar-refractivity contribution in [2.24, 2.45) is 0 Å². The second-order valence-electron chi connectivity index (χ2n) is 17.5. The molecule has 364 valence electrons. The number of halogens is 8. The minimum Gasteiger partial charge on any atom is -0.399 e. The third-order valence-corrected chi connectivity index (χ3v) is 14.6. The zero-order valence-corrected chi connectivity index (χ0v) is 42.1. The number of likely N-dealkylation sites (tertiary alicyclic amines) is 2. The number of benzene rings is 4. The van der Waals surface area contributed by atoms with Gasteiger partial charge in [-0.05, 0) is 101 Å². The van der Waals surface area contributed by atoms with Gasteiger partial charge < -0.3 is 30.7 Å². The normalized spacial score (nSPS) is 19.5. The number of carbonyl (C=O) groups excluding carboxylic acids is 4. The largest absolute Gasteiger partial charge is 0.399 e. The minimum absolute atomic E-state index is 0.00986. The second-order valence-corrected chi connectivity index (χ2v) is 19.1. The number of hydrogen-bond donors (Lipinski definition) is 2. The summed E-state index contributed by atoms with van der Waals surface area (Å²) in [5, 5.41) is 3.94. The number of fused-ring (bicyclic) bond motifs is 2. The van der Waals surface area contributed by atoms with Crippen LogP contribution in [0.4, 0.5) is 28.9 Å². The summed E-state index contributed by atoms with van der Waals surface area (Å²) in [4.78, 5) is 54.6. The molecule has 0 bridgehead atoms. The molecule has 4 aliphatic rings. The molecule has 4 heterocycles. The number of rotatable bonds is 6. The molecule has 4 aliphatic heterocycles. The van der Waals surface area contributed by atoms with Crippen LogP contribution >= 0.6 is 46.4 Å². The number of nitrogen functional groups attached to an aromatic ring is 1. The van der Waals surface area contributed by atoms with E-state index in [1.54, 1.807) is 38.9 Å². The SMILES string of the molecule is C=CC(=O)N1CCC(Nc2cc(F)c3c(c2)C(=O)N(C)C3(C)C)(c2c(F)ccc(Cl)c2Cl)C1.C=CC(=O)N1CCC(c2c(F)ccc(Cl)c2Cl)C1.CC.CN1C(=O)c2cc(N)cc(F)c2C1(C)C. The van der Waals surface area contributed by atoms with Gasteiger partial charge in [0.15, 0.2) is 0 Å². The Morgan fingerprint density at radius 1 is 0.706 bits per heavy atom. The highest BCUT2D eigenvalue weighted by Gasteiger charge is 2.47. The van der Waals surface area contributed by atoms with E-state index in [1.165, 1.54) is 69.3 Å². The minimum atomic E-state index is -1.20. The van der Waals surface area contributed by atoms with Crippen molar-refractivity contribution in [1.29, 1.82) is 0 Å². The summed E-state index contributed by atoms with van der Waals surface area (Å²) in [6.45, 7) is 19.5. The lowest BCUT2D eigenvalue weighted by molar-refractivity contribution is -0.125. The van der Waals surface area contributed by atoms with Crippen molar-refractivity contribution in [3.63, 3.8) is 0 Å². The highest BCUT2D eigenvalue weighted by molar-refractivity contribution is 6.43. The van der Waals surface area contributed by atoms with Crippen LogP contribution < -0.4 is 11.1 Å². The standard InChI is InChI=1S/C24H23Cl2F2N3O2.C13H12Cl2FNO.C11H13FN2O.C2H6/c1-5-18(32)31-9-8-24(12-31,20-16(27)7-6-15(25)21(20)26)29-13-10-14-19(17(28)11-13)23(2,3)30(4)22(14)33;1-2-11(18)17-6-5-8(7-17)12-10(16)4-3-9(14)13(12)15;1-11(2)9-7(10(15)14(11)3)4-6(13)5-8(9)12;1-2/h5-7,10-11,29H,1,8-9,12H2,2-4H3;2-4,8H,1,5-7H2;4-5H,13H2,1-3H3;1-2H3. The quantitative estimate of drug-likeness (QED) is 0.0859. The zero-order chi connectivity index (χ0) is 51.0. The van der Waals surface area contributed by atoms with Gasteiger partial charge in [-0.1, -0.05) is 73.4 Å². The van der Waals surface area contributed by atoms with Crippen molar-refractivity contribution in [2.75, 3.05) is 51.3 Å². The van der Waals surface area contributed by atoms with Gasteiger partial charge >= 0.3 is 0 Å². The molecule has 2 atom stereocenters. The van der Waals surface area contributed by atoms with Gasteiger partial charge in [0.25, 0.3) is 11.8 Å². The van der Waals surface area contributed by atoms with Gasteiger partial charge in [-0.15, -0.1) is 0 Å². The number of nitrogens with one attached hydrogen (secondary N) is 1. The summed E-state index contributed by atoms with van der Waals surface area (Å²) in [7, 11) is 3.28. The second kappa shape index (κ2) is 20.8. The molecule has 2 saturated heterocycles. The topological polar surface area (TPSA) is 119 Å². The Bertz CT molecular complexity index is 2700. The van der Waals surface area contributed by atoms with Gasteiger partial charge in [-0.2, -0.15) is 0 Å². The van der Waals surface area contributed by atoms with E-state index in [1.807, 2.05) is 27.7 Å². The predicted octanol–water partition coefficient (Wildman–Crippen LogP) is 11.7. The van der Waals surface area contributed by atoms with E-state index in [9.17, 15) is 28.0 Å². The Hall–Kier alpha value is -5.28.